The van der Waals surface area contributed by atoms with Crippen LogP contribution in [-0.4, -0.2) is 36.1 Å². The van der Waals surface area contributed by atoms with Crippen LogP contribution in [0.15, 0.2) is 12.5 Å². The monoisotopic (exact) mass is 293 g/mol. The van der Waals surface area contributed by atoms with Crippen molar-refractivity contribution in [2.45, 2.75) is 31.8 Å². The Labute approximate surface area is 119 Å². The van der Waals surface area contributed by atoms with Crippen molar-refractivity contribution in [3.05, 3.63) is 29.1 Å². The number of aromatic nitrogens is 6. The maximum Gasteiger partial charge on any atom is 0.272 e. The molecule has 0 radical (unpaired) electrons. The van der Waals surface area contributed by atoms with E-state index in [4.69, 9.17) is 11.6 Å². The van der Waals surface area contributed by atoms with Crippen LogP contribution in [0.3, 0.4) is 0 Å². The van der Waals surface area contributed by atoms with E-state index in [0.29, 0.717) is 11.9 Å². The average molecular weight is 294 g/mol. The summed E-state index contributed by atoms with van der Waals surface area (Å²) in [5.74, 6) is 0.251. The second kappa shape index (κ2) is 5.12. The third-order valence-corrected chi connectivity index (χ3v) is 3.31. The molecule has 0 unspecified atom stereocenters. The van der Waals surface area contributed by atoms with Gasteiger partial charge in [0.25, 0.3) is 5.91 Å². The lowest BCUT2D eigenvalue weighted by Crippen LogP contribution is -2.29. The Kier molecular flexibility index (Phi) is 3.31. The molecule has 104 valence electrons. The molecule has 1 aliphatic rings. The highest BCUT2D eigenvalue weighted by Crippen LogP contribution is 2.35. The van der Waals surface area contributed by atoms with E-state index in [1.807, 2.05) is 6.92 Å². The number of amides is 1. The molecule has 0 bridgehead atoms. The van der Waals surface area contributed by atoms with E-state index < -0.39 is 0 Å². The zero-order chi connectivity index (χ0) is 14.1. The fraction of sp³-hybridized carbons (Fsp3) is 0.455. The van der Waals surface area contributed by atoms with Gasteiger partial charge in [0.05, 0.1) is 17.1 Å². The molecule has 1 amide bonds. The van der Waals surface area contributed by atoms with E-state index in [1.54, 1.807) is 4.68 Å². The van der Waals surface area contributed by atoms with Crippen molar-refractivity contribution in [2.24, 2.45) is 0 Å². The first-order chi connectivity index (χ1) is 9.66. The van der Waals surface area contributed by atoms with Crippen LogP contribution in [0.2, 0.25) is 5.02 Å². The summed E-state index contributed by atoms with van der Waals surface area (Å²) in [5.41, 5.74) is 0.138. The molecule has 0 spiro atoms. The minimum Gasteiger partial charge on any atom is -0.341 e. The minimum absolute atomic E-state index is 0.138. The van der Waals surface area contributed by atoms with Gasteiger partial charge in [-0.3, -0.25) is 4.79 Å². The maximum absolute atomic E-state index is 12.1. The Morgan fingerprint density at radius 2 is 2.35 bits per heavy atom. The van der Waals surface area contributed by atoms with Crippen LogP contribution in [0, 0.1) is 0 Å². The second-order valence-electron chi connectivity index (χ2n) is 4.63. The van der Waals surface area contributed by atoms with E-state index >= 15 is 0 Å². The summed E-state index contributed by atoms with van der Waals surface area (Å²) in [6.45, 7) is 1.82. The summed E-state index contributed by atoms with van der Waals surface area (Å²) >= 11 is 5.89. The fourth-order valence-electron chi connectivity index (χ4n) is 1.87. The Hall–Kier alpha value is -2.09. The molecule has 8 nitrogen and oxygen atoms in total. The van der Waals surface area contributed by atoms with E-state index in [2.05, 4.69) is 30.8 Å². The van der Waals surface area contributed by atoms with Crippen molar-refractivity contribution in [3.8, 4) is 0 Å². The topological polar surface area (TPSA) is 98.5 Å². The number of rotatable bonds is 4. The molecule has 1 fully saturated rings. The third-order valence-electron chi connectivity index (χ3n) is 3.03. The molecule has 0 aliphatic heterocycles. The standard InChI is InChI=1S/C11H12ClN7O/c1-6(10-16-17-18-19(10)7-2-3-7)15-11(20)9-8(12)4-13-5-14-9/h4-7H,2-3H2,1H3,(H,15,20)/t6-/m1/s1. The van der Waals surface area contributed by atoms with Gasteiger partial charge in [-0.25, -0.2) is 14.6 Å². The zero-order valence-electron chi connectivity index (χ0n) is 10.7. The highest BCUT2D eigenvalue weighted by molar-refractivity contribution is 6.33. The van der Waals surface area contributed by atoms with E-state index in [9.17, 15) is 4.79 Å². The number of carbonyl (C=O) groups is 1. The number of hydrogen-bond donors (Lipinski definition) is 1. The highest BCUT2D eigenvalue weighted by atomic mass is 35.5. The van der Waals surface area contributed by atoms with Crippen LogP contribution in [0.25, 0.3) is 0 Å². The van der Waals surface area contributed by atoms with Gasteiger partial charge in [0.2, 0.25) is 0 Å². The number of hydrogen-bond acceptors (Lipinski definition) is 6. The Balaban J connectivity index is 1.75. The first-order valence-electron chi connectivity index (χ1n) is 6.21. The SMILES string of the molecule is C[C@@H](NC(=O)c1ncncc1Cl)c1nnnn1C1CC1. The average Bonchev–Trinajstić information content (AvgIpc) is 3.16. The first-order valence-corrected chi connectivity index (χ1v) is 6.58. The van der Waals surface area contributed by atoms with Crippen LogP contribution in [0.5, 0.6) is 0 Å². The van der Waals surface area contributed by atoms with Crippen LogP contribution < -0.4 is 5.32 Å². The quantitative estimate of drug-likeness (QED) is 0.901. The molecule has 1 saturated carbocycles. The van der Waals surface area contributed by atoms with Crippen molar-refractivity contribution in [1.82, 2.24) is 35.5 Å². The summed E-state index contributed by atoms with van der Waals surface area (Å²) in [7, 11) is 0. The molecule has 9 heteroatoms. The zero-order valence-corrected chi connectivity index (χ0v) is 11.4. The molecule has 2 aromatic rings. The smallest absolute Gasteiger partial charge is 0.272 e. The summed E-state index contributed by atoms with van der Waals surface area (Å²) in [6.07, 6.45) is 4.79. The minimum atomic E-state index is -0.379. The molecule has 20 heavy (non-hydrogen) atoms. The number of halogens is 1. The van der Waals surface area contributed by atoms with Gasteiger partial charge >= 0.3 is 0 Å². The van der Waals surface area contributed by atoms with Gasteiger partial charge in [-0.1, -0.05) is 11.6 Å². The van der Waals surface area contributed by atoms with Gasteiger partial charge in [0, 0.05) is 6.20 Å². The predicted molar refractivity (Wildman–Crippen MR) is 69.0 cm³/mol. The molecular weight excluding hydrogens is 282 g/mol. The van der Waals surface area contributed by atoms with Crippen molar-refractivity contribution in [3.63, 3.8) is 0 Å². The molecule has 0 saturated heterocycles. The van der Waals surface area contributed by atoms with Crippen LogP contribution in [-0.2, 0) is 0 Å². The normalized spacial score (nSPS) is 15.9. The van der Waals surface area contributed by atoms with Crippen molar-refractivity contribution in [1.29, 1.82) is 0 Å². The van der Waals surface area contributed by atoms with E-state index in [1.165, 1.54) is 12.5 Å². The van der Waals surface area contributed by atoms with Gasteiger partial charge in [0.15, 0.2) is 5.82 Å². The number of nitrogens with one attached hydrogen (secondary N) is 1. The van der Waals surface area contributed by atoms with E-state index in [-0.39, 0.29) is 22.7 Å². The lowest BCUT2D eigenvalue weighted by Gasteiger charge is -2.13. The number of tetrazole rings is 1. The molecular formula is C11H12ClN7O. The molecule has 0 aromatic carbocycles. The summed E-state index contributed by atoms with van der Waals surface area (Å²) < 4.78 is 1.76. The first kappa shape index (κ1) is 12.9. The number of nitrogens with zero attached hydrogens (tertiary/aromatic N) is 6. The van der Waals surface area contributed by atoms with Crippen molar-refractivity contribution < 1.29 is 4.79 Å². The van der Waals surface area contributed by atoms with Crippen LogP contribution in [0.1, 0.15) is 48.2 Å². The largest absolute Gasteiger partial charge is 0.341 e. The van der Waals surface area contributed by atoms with Crippen LogP contribution in [0.4, 0.5) is 0 Å². The van der Waals surface area contributed by atoms with Gasteiger partial charge < -0.3 is 5.32 Å². The van der Waals surface area contributed by atoms with Gasteiger partial charge in [0.1, 0.15) is 12.0 Å². The highest BCUT2D eigenvalue weighted by Gasteiger charge is 2.30. The lowest BCUT2D eigenvalue weighted by atomic mass is 10.3. The van der Waals surface area contributed by atoms with Crippen LogP contribution >= 0.6 is 11.6 Å². The van der Waals surface area contributed by atoms with E-state index in [0.717, 1.165) is 12.8 Å². The predicted octanol–water partition coefficient (Wildman–Crippen LogP) is 0.942. The third kappa shape index (κ3) is 2.46. The Morgan fingerprint density at radius 3 is 3.05 bits per heavy atom. The molecule has 3 rings (SSSR count). The fourth-order valence-corrected chi connectivity index (χ4v) is 2.07. The van der Waals surface area contributed by atoms with Gasteiger partial charge in [-0.2, -0.15) is 0 Å². The molecule has 2 aromatic heterocycles. The maximum atomic E-state index is 12.1. The summed E-state index contributed by atoms with van der Waals surface area (Å²) in [4.78, 5) is 19.7. The van der Waals surface area contributed by atoms with Gasteiger partial charge in [-0.15, -0.1) is 5.10 Å². The van der Waals surface area contributed by atoms with Crippen molar-refractivity contribution in [2.75, 3.05) is 0 Å². The second-order valence-corrected chi connectivity index (χ2v) is 5.03. The number of carbonyl (C=O) groups excluding carboxylic acids is 1. The molecule has 1 aliphatic carbocycles. The lowest BCUT2D eigenvalue weighted by molar-refractivity contribution is 0.0932. The summed E-state index contributed by atoms with van der Waals surface area (Å²) in [6, 6.07) is 0.0196. The molecule has 1 N–H and O–H groups in total. The van der Waals surface area contributed by atoms with Gasteiger partial charge in [-0.05, 0) is 30.2 Å². The Morgan fingerprint density at radius 1 is 1.55 bits per heavy atom. The Bertz CT molecular complexity index is 639. The molecule has 2 heterocycles. The van der Waals surface area contributed by atoms with Crippen molar-refractivity contribution >= 4 is 17.5 Å². The molecule has 1 atom stereocenters. The summed E-state index contributed by atoms with van der Waals surface area (Å²) in [5, 5.41) is 14.6.